The first-order chi connectivity index (χ1) is 8.03. The van der Waals surface area contributed by atoms with Gasteiger partial charge >= 0.3 is 5.97 Å². The highest BCUT2D eigenvalue weighted by Crippen LogP contribution is 2.42. The minimum Gasteiger partial charge on any atom is -0.461 e. The van der Waals surface area contributed by atoms with E-state index in [1.54, 1.807) is 0 Å². The van der Waals surface area contributed by atoms with E-state index >= 15 is 0 Å². The van der Waals surface area contributed by atoms with Gasteiger partial charge in [-0.3, -0.25) is 4.79 Å². The van der Waals surface area contributed by atoms with Crippen molar-refractivity contribution in [2.24, 2.45) is 0 Å². The van der Waals surface area contributed by atoms with Gasteiger partial charge < -0.3 is 14.2 Å². The Morgan fingerprint density at radius 1 is 1.47 bits per heavy atom. The minimum atomic E-state index is -0.545. The predicted molar refractivity (Wildman–Crippen MR) is 71.1 cm³/mol. The summed E-state index contributed by atoms with van der Waals surface area (Å²) in [5.74, 6) is -0.770. The molecule has 2 heterocycles. The molecule has 5 heteroatoms. The first-order valence-corrected chi connectivity index (χ1v) is 7.41. The minimum absolute atomic E-state index is 0.0699. The predicted octanol–water partition coefficient (Wildman–Crippen LogP) is 2.43. The van der Waals surface area contributed by atoms with Crippen molar-refractivity contribution in [3.05, 3.63) is 0 Å². The van der Waals surface area contributed by atoms with Gasteiger partial charge in [0, 0.05) is 19.8 Å². The molecule has 0 aromatic rings. The largest absolute Gasteiger partial charge is 0.461 e. The average Bonchev–Trinajstić information content (AvgIpc) is 2.26. The lowest BCUT2D eigenvalue weighted by Gasteiger charge is -2.48. The lowest BCUT2D eigenvalue weighted by Crippen LogP contribution is -2.58. The van der Waals surface area contributed by atoms with Crippen LogP contribution in [0, 0.1) is 0 Å². The quantitative estimate of drug-likeness (QED) is 0.412. The Balaban J connectivity index is 2.12. The number of alkyl halides is 1. The average molecular weight is 354 g/mol. The van der Waals surface area contributed by atoms with Crippen molar-refractivity contribution in [3.63, 3.8) is 0 Å². The summed E-state index contributed by atoms with van der Waals surface area (Å²) in [6.45, 7) is 4.20. The zero-order chi connectivity index (χ0) is 12.5. The fourth-order valence-corrected chi connectivity index (χ4v) is 3.68. The number of hydrogen-bond acceptors (Lipinski definition) is 4. The molecule has 4 nitrogen and oxygen atoms in total. The lowest BCUT2D eigenvalue weighted by molar-refractivity contribution is -0.299. The number of carbonyl (C=O) groups excluding carboxylic acids is 1. The summed E-state index contributed by atoms with van der Waals surface area (Å²) in [6.07, 6.45) is 3.81. The molecule has 0 aromatic carbocycles. The molecule has 98 valence electrons. The second kappa shape index (κ2) is 5.40. The van der Waals surface area contributed by atoms with Crippen LogP contribution in [-0.2, 0) is 19.0 Å². The van der Waals surface area contributed by atoms with Crippen LogP contribution in [0.25, 0.3) is 0 Å². The zero-order valence-electron chi connectivity index (χ0n) is 10.3. The van der Waals surface area contributed by atoms with Crippen LogP contribution in [0.4, 0.5) is 0 Å². The summed E-state index contributed by atoms with van der Waals surface area (Å²) in [7, 11) is 0. The van der Waals surface area contributed by atoms with Gasteiger partial charge in [0.25, 0.3) is 0 Å². The van der Waals surface area contributed by atoms with E-state index in [9.17, 15) is 4.79 Å². The third kappa shape index (κ3) is 2.93. The van der Waals surface area contributed by atoms with Gasteiger partial charge in [-0.1, -0.05) is 22.6 Å². The third-order valence-electron chi connectivity index (χ3n) is 3.29. The Morgan fingerprint density at radius 2 is 2.24 bits per heavy atom. The van der Waals surface area contributed by atoms with Crippen LogP contribution in [0.3, 0.4) is 0 Å². The number of rotatable bonds is 1. The van der Waals surface area contributed by atoms with Crippen molar-refractivity contribution < 1.29 is 19.0 Å². The van der Waals surface area contributed by atoms with E-state index in [2.05, 4.69) is 22.6 Å². The Hall–Kier alpha value is 0.120. The summed E-state index contributed by atoms with van der Waals surface area (Å²) >= 11 is 2.31. The maximum atomic E-state index is 11.1. The van der Waals surface area contributed by atoms with Gasteiger partial charge in [-0.2, -0.15) is 0 Å². The van der Waals surface area contributed by atoms with Crippen molar-refractivity contribution >= 4 is 28.6 Å². The van der Waals surface area contributed by atoms with Gasteiger partial charge in [0.2, 0.25) is 0 Å². The molecule has 2 saturated heterocycles. The van der Waals surface area contributed by atoms with Crippen molar-refractivity contribution in [2.75, 3.05) is 6.61 Å². The molecule has 4 atom stereocenters. The summed E-state index contributed by atoms with van der Waals surface area (Å²) < 4.78 is 17.4. The zero-order valence-corrected chi connectivity index (χ0v) is 12.4. The smallest absolute Gasteiger partial charge is 0.302 e. The molecule has 0 amide bonds. The number of carbonyl (C=O) groups is 1. The maximum Gasteiger partial charge on any atom is 0.302 e. The molecule has 0 aliphatic carbocycles. The highest BCUT2D eigenvalue weighted by molar-refractivity contribution is 14.1. The first kappa shape index (κ1) is 13.5. The van der Waals surface area contributed by atoms with Crippen LogP contribution in [0.15, 0.2) is 0 Å². The van der Waals surface area contributed by atoms with E-state index in [0.717, 1.165) is 32.3 Å². The fourth-order valence-electron chi connectivity index (χ4n) is 2.61. The van der Waals surface area contributed by atoms with Gasteiger partial charge in [-0.15, -0.1) is 0 Å². The Bertz CT molecular complexity index is 288. The standard InChI is InChI=1S/C12H19IO4/c1-8-7-10(16-9(2)14)11(13)12(17-8)5-3-4-6-15-12/h8,10-11H,3-7H2,1-2H3/t8-,10-,11+,12-/m1/s1. The number of esters is 1. The molecule has 17 heavy (non-hydrogen) atoms. The Kier molecular flexibility index (Phi) is 4.31. The summed E-state index contributed by atoms with van der Waals surface area (Å²) in [5, 5.41) is 0. The Labute approximate surface area is 116 Å². The van der Waals surface area contributed by atoms with Gasteiger partial charge in [0.05, 0.1) is 12.7 Å². The molecule has 2 aliphatic rings. The molecule has 2 aliphatic heterocycles. The molecule has 2 fully saturated rings. The maximum absolute atomic E-state index is 11.1. The molecular weight excluding hydrogens is 335 g/mol. The van der Waals surface area contributed by atoms with Crippen molar-refractivity contribution in [2.45, 2.75) is 61.5 Å². The molecule has 1 spiro atoms. The molecule has 0 N–H and O–H groups in total. The summed E-state index contributed by atoms with van der Waals surface area (Å²) in [4.78, 5) is 11.1. The summed E-state index contributed by atoms with van der Waals surface area (Å²) in [5.41, 5.74) is 0. The van der Waals surface area contributed by atoms with E-state index < -0.39 is 5.79 Å². The van der Waals surface area contributed by atoms with Crippen molar-refractivity contribution in [1.29, 1.82) is 0 Å². The highest BCUT2D eigenvalue weighted by Gasteiger charge is 2.51. The van der Waals surface area contributed by atoms with E-state index in [1.807, 2.05) is 6.92 Å². The molecule has 0 bridgehead atoms. The van der Waals surface area contributed by atoms with Crippen LogP contribution < -0.4 is 0 Å². The van der Waals surface area contributed by atoms with Gasteiger partial charge in [-0.05, 0) is 19.8 Å². The third-order valence-corrected chi connectivity index (χ3v) is 5.05. The van der Waals surface area contributed by atoms with Crippen LogP contribution in [0.5, 0.6) is 0 Å². The monoisotopic (exact) mass is 354 g/mol. The highest BCUT2D eigenvalue weighted by atomic mass is 127. The molecule has 0 unspecified atom stereocenters. The molecular formula is C12H19IO4. The number of hydrogen-bond donors (Lipinski definition) is 0. The molecule has 2 rings (SSSR count). The SMILES string of the molecule is CC(=O)O[C@@H]1C[C@@H](C)O[C@]2(CCCCO2)[C@H]1I. The van der Waals surface area contributed by atoms with E-state index in [-0.39, 0.29) is 22.1 Å². The van der Waals surface area contributed by atoms with Crippen LogP contribution in [0.2, 0.25) is 0 Å². The van der Waals surface area contributed by atoms with Gasteiger partial charge in [0.15, 0.2) is 5.79 Å². The second-order valence-electron chi connectivity index (χ2n) is 4.83. The fraction of sp³-hybridized carbons (Fsp3) is 0.917. The van der Waals surface area contributed by atoms with Crippen LogP contribution >= 0.6 is 22.6 Å². The van der Waals surface area contributed by atoms with Crippen molar-refractivity contribution in [3.8, 4) is 0 Å². The van der Waals surface area contributed by atoms with Crippen molar-refractivity contribution in [1.82, 2.24) is 0 Å². The van der Waals surface area contributed by atoms with Gasteiger partial charge in [-0.25, -0.2) is 0 Å². The lowest BCUT2D eigenvalue weighted by atomic mass is 9.93. The molecule has 0 saturated carbocycles. The molecule has 0 aromatic heterocycles. The van der Waals surface area contributed by atoms with Crippen LogP contribution in [0.1, 0.15) is 39.5 Å². The molecule has 0 radical (unpaired) electrons. The first-order valence-electron chi connectivity index (χ1n) is 6.16. The number of halogens is 1. The number of ether oxygens (including phenoxy) is 3. The van der Waals surface area contributed by atoms with Crippen LogP contribution in [-0.4, -0.2) is 34.5 Å². The Morgan fingerprint density at radius 3 is 2.82 bits per heavy atom. The van der Waals surface area contributed by atoms with Gasteiger partial charge in [0.1, 0.15) is 10.0 Å². The summed E-state index contributed by atoms with van der Waals surface area (Å²) in [6, 6.07) is 0. The normalized spacial score (nSPS) is 42.4. The topological polar surface area (TPSA) is 44.8 Å². The van der Waals surface area contributed by atoms with E-state index in [1.165, 1.54) is 6.92 Å². The second-order valence-corrected chi connectivity index (χ2v) is 6.17. The van der Waals surface area contributed by atoms with E-state index in [4.69, 9.17) is 14.2 Å². The van der Waals surface area contributed by atoms with E-state index in [0.29, 0.717) is 0 Å².